The molecule has 1 aliphatic rings. The number of benzene rings is 2. The Bertz CT molecular complexity index is 1230. The van der Waals surface area contributed by atoms with Crippen molar-refractivity contribution in [1.82, 2.24) is 25.0 Å². The zero-order chi connectivity index (χ0) is 20.7. The number of fused-ring (bicyclic) bond motifs is 3. The maximum atomic E-state index is 6.79. The molecule has 0 bridgehead atoms. The van der Waals surface area contributed by atoms with Gasteiger partial charge in [0.25, 0.3) is 0 Å². The summed E-state index contributed by atoms with van der Waals surface area (Å²) in [7, 11) is 0. The average molecular weight is 437 g/mol. The minimum Gasteiger partial charge on any atom is -0.447 e. The number of para-hydroxylation sites is 2. The smallest absolute Gasteiger partial charge is 0.247 e. The van der Waals surface area contributed by atoms with E-state index in [0.29, 0.717) is 21.9 Å². The molecule has 0 spiro atoms. The van der Waals surface area contributed by atoms with Crippen molar-refractivity contribution in [3.05, 3.63) is 71.0 Å². The standard InChI is InChI=1S/C21H17ClN6OS/c1-12-16(18(22)28(27-12)13-8-4-3-5-9-13)19-23-15-11-7-6-10-14(15)17-20(29-19)24-21(30-2)26-25-17/h3-11,19,23H,1-2H3/t19-/m1/s1. The Hall–Kier alpha value is -3.10. The number of nitrogens with zero attached hydrogens (tertiary/aromatic N) is 5. The SMILES string of the molecule is CSc1nnc2c(n1)O[C@H](c1c(C)nn(-c3ccccc3)c1Cl)Nc1ccccc1-2. The van der Waals surface area contributed by atoms with Crippen LogP contribution < -0.4 is 10.1 Å². The molecule has 0 unspecified atom stereocenters. The molecule has 5 rings (SSSR count). The van der Waals surface area contributed by atoms with Gasteiger partial charge in [0.1, 0.15) is 5.15 Å². The van der Waals surface area contributed by atoms with Crippen LogP contribution >= 0.6 is 23.4 Å². The second-order valence-electron chi connectivity index (χ2n) is 6.68. The molecular formula is C21H17ClN6OS. The molecule has 2 aromatic carbocycles. The molecule has 0 amide bonds. The summed E-state index contributed by atoms with van der Waals surface area (Å²) in [6, 6.07) is 17.6. The van der Waals surface area contributed by atoms with E-state index in [1.54, 1.807) is 4.68 Å². The van der Waals surface area contributed by atoms with Crippen LogP contribution in [0.5, 0.6) is 5.88 Å². The molecule has 1 atom stereocenters. The van der Waals surface area contributed by atoms with Crippen LogP contribution in [0.3, 0.4) is 0 Å². The van der Waals surface area contributed by atoms with Crippen LogP contribution in [0.25, 0.3) is 16.9 Å². The third-order valence-electron chi connectivity index (χ3n) is 4.83. The molecule has 3 heterocycles. The number of nitrogens with one attached hydrogen (secondary N) is 1. The van der Waals surface area contributed by atoms with Crippen LogP contribution in [0.15, 0.2) is 59.8 Å². The van der Waals surface area contributed by atoms with E-state index >= 15 is 0 Å². The van der Waals surface area contributed by atoms with Gasteiger partial charge in [0.05, 0.1) is 16.9 Å². The van der Waals surface area contributed by atoms with Crippen LogP contribution in [0.1, 0.15) is 17.5 Å². The normalized spacial score (nSPS) is 14.8. The lowest BCUT2D eigenvalue weighted by atomic mass is 10.1. The van der Waals surface area contributed by atoms with Crippen molar-refractivity contribution < 1.29 is 4.74 Å². The van der Waals surface area contributed by atoms with Gasteiger partial charge in [-0.2, -0.15) is 10.1 Å². The van der Waals surface area contributed by atoms with Gasteiger partial charge in [-0.25, -0.2) is 4.68 Å². The molecule has 150 valence electrons. The lowest BCUT2D eigenvalue weighted by molar-refractivity contribution is 0.224. The van der Waals surface area contributed by atoms with Crippen LogP contribution in [0, 0.1) is 6.92 Å². The first-order valence-electron chi connectivity index (χ1n) is 9.27. The number of anilines is 1. The quantitative estimate of drug-likeness (QED) is 0.457. The summed E-state index contributed by atoms with van der Waals surface area (Å²) in [6.45, 7) is 1.91. The number of hydrogen-bond donors (Lipinski definition) is 1. The molecule has 0 aliphatic carbocycles. The number of halogens is 1. The van der Waals surface area contributed by atoms with E-state index in [4.69, 9.17) is 16.3 Å². The summed E-state index contributed by atoms with van der Waals surface area (Å²) in [4.78, 5) is 4.55. The van der Waals surface area contributed by atoms with E-state index in [9.17, 15) is 0 Å². The van der Waals surface area contributed by atoms with E-state index in [1.165, 1.54) is 11.8 Å². The first kappa shape index (κ1) is 18.9. The molecule has 4 aromatic rings. The molecule has 30 heavy (non-hydrogen) atoms. The van der Waals surface area contributed by atoms with Crippen molar-refractivity contribution in [3.8, 4) is 22.8 Å². The third-order valence-corrected chi connectivity index (χ3v) is 5.73. The summed E-state index contributed by atoms with van der Waals surface area (Å²) in [5, 5.41) is 17.6. The Morgan fingerprint density at radius 1 is 1.07 bits per heavy atom. The van der Waals surface area contributed by atoms with Crippen molar-refractivity contribution in [2.24, 2.45) is 0 Å². The molecule has 2 aromatic heterocycles. The highest BCUT2D eigenvalue weighted by Crippen LogP contribution is 2.41. The zero-order valence-corrected chi connectivity index (χ0v) is 17.8. The Kier molecular flexibility index (Phi) is 4.80. The van der Waals surface area contributed by atoms with E-state index in [0.717, 1.165) is 28.2 Å². The Balaban J connectivity index is 1.65. The summed E-state index contributed by atoms with van der Waals surface area (Å²) in [6.07, 6.45) is 1.30. The number of aryl methyl sites for hydroxylation is 1. The number of ether oxygens (including phenoxy) is 1. The average Bonchev–Trinajstić information content (AvgIpc) is 2.98. The van der Waals surface area contributed by atoms with Gasteiger partial charge in [-0.1, -0.05) is 59.8 Å². The van der Waals surface area contributed by atoms with Crippen molar-refractivity contribution in [2.45, 2.75) is 18.3 Å². The molecule has 1 N–H and O–H groups in total. The molecule has 9 heteroatoms. The first-order chi connectivity index (χ1) is 14.7. The third kappa shape index (κ3) is 3.18. The predicted octanol–water partition coefficient (Wildman–Crippen LogP) is 4.91. The highest BCUT2D eigenvalue weighted by Gasteiger charge is 2.30. The van der Waals surface area contributed by atoms with Gasteiger partial charge in [-0.05, 0) is 31.4 Å². The Labute approximate surface area is 182 Å². The van der Waals surface area contributed by atoms with Gasteiger partial charge in [-0.3, -0.25) is 0 Å². The summed E-state index contributed by atoms with van der Waals surface area (Å²) in [5.74, 6) is 0.403. The fourth-order valence-corrected chi connectivity index (χ4v) is 4.08. The van der Waals surface area contributed by atoms with Gasteiger partial charge in [0, 0.05) is 11.3 Å². The van der Waals surface area contributed by atoms with Crippen LogP contribution in [0.2, 0.25) is 5.15 Å². The van der Waals surface area contributed by atoms with Gasteiger partial charge >= 0.3 is 0 Å². The number of rotatable bonds is 3. The lowest BCUT2D eigenvalue weighted by Crippen LogP contribution is -2.18. The van der Waals surface area contributed by atoms with E-state index in [-0.39, 0.29) is 0 Å². The summed E-state index contributed by atoms with van der Waals surface area (Å²) >= 11 is 8.20. The summed E-state index contributed by atoms with van der Waals surface area (Å²) in [5.41, 5.74) is 4.69. The fraction of sp³-hybridized carbons (Fsp3) is 0.143. The van der Waals surface area contributed by atoms with Crippen molar-refractivity contribution in [3.63, 3.8) is 0 Å². The largest absolute Gasteiger partial charge is 0.447 e. The lowest BCUT2D eigenvalue weighted by Gasteiger charge is -2.19. The highest BCUT2D eigenvalue weighted by molar-refractivity contribution is 7.98. The molecule has 0 fully saturated rings. The molecule has 0 saturated heterocycles. The minimum atomic E-state index is -0.594. The van der Waals surface area contributed by atoms with E-state index in [1.807, 2.05) is 67.8 Å². The molecular weight excluding hydrogens is 420 g/mol. The molecule has 1 aliphatic heterocycles. The highest BCUT2D eigenvalue weighted by atomic mass is 35.5. The second kappa shape index (κ2) is 7.62. The van der Waals surface area contributed by atoms with Gasteiger partial charge in [0.15, 0.2) is 5.69 Å². The van der Waals surface area contributed by atoms with Crippen LogP contribution in [-0.4, -0.2) is 31.2 Å². The van der Waals surface area contributed by atoms with E-state index < -0.39 is 6.23 Å². The number of aromatic nitrogens is 5. The molecule has 0 radical (unpaired) electrons. The van der Waals surface area contributed by atoms with Gasteiger partial charge in [0.2, 0.25) is 17.3 Å². The topological polar surface area (TPSA) is 77.8 Å². The first-order valence-corrected chi connectivity index (χ1v) is 10.9. The van der Waals surface area contributed by atoms with Crippen molar-refractivity contribution in [2.75, 3.05) is 11.6 Å². The predicted molar refractivity (Wildman–Crippen MR) is 117 cm³/mol. The monoisotopic (exact) mass is 436 g/mol. The van der Waals surface area contributed by atoms with Gasteiger partial charge < -0.3 is 10.1 Å². The minimum absolute atomic E-state index is 0.403. The maximum Gasteiger partial charge on any atom is 0.247 e. The fourth-order valence-electron chi connectivity index (χ4n) is 3.41. The maximum absolute atomic E-state index is 6.79. The second-order valence-corrected chi connectivity index (χ2v) is 7.81. The molecule has 7 nitrogen and oxygen atoms in total. The zero-order valence-electron chi connectivity index (χ0n) is 16.2. The van der Waals surface area contributed by atoms with Crippen LogP contribution in [-0.2, 0) is 0 Å². The van der Waals surface area contributed by atoms with Crippen molar-refractivity contribution in [1.29, 1.82) is 0 Å². The van der Waals surface area contributed by atoms with Crippen LogP contribution in [0.4, 0.5) is 5.69 Å². The number of hydrogen-bond acceptors (Lipinski definition) is 7. The Morgan fingerprint density at radius 2 is 1.83 bits per heavy atom. The molecule has 0 saturated carbocycles. The summed E-state index contributed by atoms with van der Waals surface area (Å²) < 4.78 is 8.01. The van der Waals surface area contributed by atoms with E-state index in [2.05, 4.69) is 25.6 Å². The Morgan fingerprint density at radius 3 is 2.63 bits per heavy atom. The van der Waals surface area contributed by atoms with Crippen molar-refractivity contribution >= 4 is 29.1 Å². The number of thioether (sulfide) groups is 1. The van der Waals surface area contributed by atoms with Gasteiger partial charge in [-0.15, -0.1) is 10.2 Å².